The minimum Gasteiger partial charge on any atom is -0.330 e. The Morgan fingerprint density at radius 3 is 2.64 bits per heavy atom. The van der Waals surface area contributed by atoms with E-state index in [1.54, 1.807) is 0 Å². The van der Waals surface area contributed by atoms with Gasteiger partial charge in [-0.2, -0.15) is 0 Å². The Balaban J connectivity index is 0.00000169. The van der Waals surface area contributed by atoms with E-state index in [-0.39, 0.29) is 24.3 Å². The van der Waals surface area contributed by atoms with Gasteiger partial charge in [-0.05, 0) is 36.7 Å². The number of benzene rings is 1. The summed E-state index contributed by atoms with van der Waals surface area (Å²) in [6, 6.07) is 3.87. The first-order chi connectivity index (χ1) is 6.15. The first-order valence-corrected chi connectivity index (χ1v) is 4.43. The molecule has 2 nitrogen and oxygen atoms in total. The molecule has 0 bridgehead atoms. The van der Waals surface area contributed by atoms with E-state index in [0.717, 1.165) is 0 Å². The van der Waals surface area contributed by atoms with E-state index in [4.69, 9.17) is 23.1 Å². The van der Waals surface area contributed by atoms with Gasteiger partial charge in [0.15, 0.2) is 0 Å². The van der Waals surface area contributed by atoms with Crippen LogP contribution in [0.2, 0.25) is 5.02 Å². The van der Waals surface area contributed by atoms with E-state index in [1.165, 1.54) is 18.2 Å². The van der Waals surface area contributed by atoms with Gasteiger partial charge in [0, 0.05) is 11.1 Å². The van der Waals surface area contributed by atoms with E-state index < -0.39 is 0 Å². The number of hydrogen-bond donors (Lipinski definition) is 2. The zero-order valence-electron chi connectivity index (χ0n) is 7.54. The zero-order chi connectivity index (χ0) is 9.84. The first kappa shape index (κ1) is 13.7. The highest BCUT2D eigenvalue weighted by Gasteiger charge is 2.09. The van der Waals surface area contributed by atoms with Crippen molar-refractivity contribution in [3.8, 4) is 0 Å². The SMILES string of the molecule is Cl.NCC[C@@H](N)c1cc(F)ccc1Cl. The molecule has 0 aliphatic carbocycles. The summed E-state index contributed by atoms with van der Waals surface area (Å²) in [7, 11) is 0. The smallest absolute Gasteiger partial charge is 0.123 e. The summed E-state index contributed by atoms with van der Waals surface area (Å²) in [6.45, 7) is 0.466. The van der Waals surface area contributed by atoms with Crippen LogP contribution in [0.15, 0.2) is 18.2 Å². The maximum Gasteiger partial charge on any atom is 0.123 e. The molecule has 0 amide bonds. The molecule has 80 valence electrons. The van der Waals surface area contributed by atoms with Gasteiger partial charge >= 0.3 is 0 Å². The summed E-state index contributed by atoms with van der Waals surface area (Å²) in [5, 5.41) is 0.488. The molecular formula is C9H13Cl2FN2. The van der Waals surface area contributed by atoms with E-state index in [1.807, 2.05) is 0 Å². The normalized spacial score (nSPS) is 12.0. The summed E-state index contributed by atoms with van der Waals surface area (Å²) >= 11 is 5.84. The van der Waals surface area contributed by atoms with Crippen molar-refractivity contribution < 1.29 is 4.39 Å². The molecule has 0 fully saturated rings. The molecular weight excluding hydrogens is 226 g/mol. The van der Waals surface area contributed by atoms with Crippen molar-refractivity contribution in [1.82, 2.24) is 0 Å². The predicted octanol–water partition coefficient (Wildman–Crippen LogP) is 2.25. The summed E-state index contributed by atoms with van der Waals surface area (Å²) in [5.41, 5.74) is 11.7. The third kappa shape index (κ3) is 3.42. The van der Waals surface area contributed by atoms with Crippen molar-refractivity contribution >= 4 is 24.0 Å². The van der Waals surface area contributed by atoms with Crippen LogP contribution in [-0.2, 0) is 0 Å². The van der Waals surface area contributed by atoms with Crippen molar-refractivity contribution in [2.75, 3.05) is 6.54 Å². The lowest BCUT2D eigenvalue weighted by molar-refractivity contribution is 0.612. The van der Waals surface area contributed by atoms with Crippen LogP contribution in [0.1, 0.15) is 18.0 Å². The van der Waals surface area contributed by atoms with Crippen LogP contribution < -0.4 is 11.5 Å². The third-order valence-corrected chi connectivity index (χ3v) is 2.18. The molecule has 0 spiro atoms. The van der Waals surface area contributed by atoms with Gasteiger partial charge in [-0.3, -0.25) is 0 Å². The fourth-order valence-corrected chi connectivity index (χ4v) is 1.39. The Hall–Kier alpha value is -0.350. The molecule has 0 aliphatic heterocycles. The highest BCUT2D eigenvalue weighted by Crippen LogP contribution is 2.23. The molecule has 1 rings (SSSR count). The summed E-state index contributed by atoms with van der Waals surface area (Å²) in [4.78, 5) is 0. The van der Waals surface area contributed by atoms with Crippen LogP contribution >= 0.6 is 24.0 Å². The van der Waals surface area contributed by atoms with Gasteiger partial charge < -0.3 is 11.5 Å². The average molecular weight is 239 g/mol. The molecule has 0 saturated carbocycles. The molecule has 1 aromatic carbocycles. The quantitative estimate of drug-likeness (QED) is 0.849. The molecule has 0 aromatic heterocycles. The van der Waals surface area contributed by atoms with Gasteiger partial charge in [0.05, 0.1) is 0 Å². The van der Waals surface area contributed by atoms with Crippen LogP contribution in [-0.4, -0.2) is 6.54 Å². The van der Waals surface area contributed by atoms with Crippen molar-refractivity contribution in [1.29, 1.82) is 0 Å². The Morgan fingerprint density at radius 1 is 1.43 bits per heavy atom. The second-order valence-electron chi connectivity index (χ2n) is 2.85. The van der Waals surface area contributed by atoms with Crippen LogP contribution in [0.4, 0.5) is 4.39 Å². The molecule has 14 heavy (non-hydrogen) atoms. The Morgan fingerprint density at radius 2 is 2.07 bits per heavy atom. The van der Waals surface area contributed by atoms with Crippen LogP contribution in [0.3, 0.4) is 0 Å². The molecule has 4 N–H and O–H groups in total. The van der Waals surface area contributed by atoms with Gasteiger partial charge in [0.1, 0.15) is 5.82 Å². The molecule has 0 unspecified atom stereocenters. The summed E-state index contributed by atoms with van der Waals surface area (Å²) in [5.74, 6) is -0.327. The first-order valence-electron chi connectivity index (χ1n) is 4.05. The molecule has 0 aliphatic rings. The Labute approximate surface area is 93.8 Å². The fraction of sp³-hybridized carbons (Fsp3) is 0.333. The minimum atomic E-state index is -0.327. The molecule has 0 saturated heterocycles. The minimum absolute atomic E-state index is 0. The molecule has 0 radical (unpaired) electrons. The fourth-order valence-electron chi connectivity index (χ4n) is 1.13. The highest BCUT2D eigenvalue weighted by molar-refractivity contribution is 6.31. The summed E-state index contributed by atoms with van der Waals surface area (Å²) < 4.78 is 12.8. The van der Waals surface area contributed by atoms with Crippen LogP contribution in [0.5, 0.6) is 0 Å². The van der Waals surface area contributed by atoms with Crippen molar-refractivity contribution in [2.24, 2.45) is 11.5 Å². The second kappa shape index (κ2) is 6.19. The third-order valence-electron chi connectivity index (χ3n) is 1.84. The lowest BCUT2D eigenvalue weighted by Crippen LogP contribution is -2.15. The molecule has 1 atom stereocenters. The van der Waals surface area contributed by atoms with E-state index >= 15 is 0 Å². The highest BCUT2D eigenvalue weighted by atomic mass is 35.5. The average Bonchev–Trinajstić information content (AvgIpc) is 2.09. The van der Waals surface area contributed by atoms with Crippen LogP contribution in [0, 0.1) is 5.82 Å². The zero-order valence-corrected chi connectivity index (χ0v) is 9.11. The van der Waals surface area contributed by atoms with Gasteiger partial charge in [0.2, 0.25) is 0 Å². The largest absolute Gasteiger partial charge is 0.330 e. The Kier molecular flexibility index (Phi) is 6.04. The van der Waals surface area contributed by atoms with E-state index in [9.17, 15) is 4.39 Å². The van der Waals surface area contributed by atoms with Gasteiger partial charge in [-0.25, -0.2) is 4.39 Å². The van der Waals surface area contributed by atoms with Crippen LogP contribution in [0.25, 0.3) is 0 Å². The maximum atomic E-state index is 12.8. The van der Waals surface area contributed by atoms with E-state index in [2.05, 4.69) is 0 Å². The molecule has 5 heteroatoms. The topological polar surface area (TPSA) is 52.0 Å². The Bertz CT molecular complexity index is 294. The van der Waals surface area contributed by atoms with Gasteiger partial charge in [0.25, 0.3) is 0 Å². The van der Waals surface area contributed by atoms with Crippen molar-refractivity contribution in [2.45, 2.75) is 12.5 Å². The van der Waals surface area contributed by atoms with Gasteiger partial charge in [-0.1, -0.05) is 11.6 Å². The maximum absolute atomic E-state index is 12.8. The summed E-state index contributed by atoms with van der Waals surface area (Å²) in [6.07, 6.45) is 0.600. The van der Waals surface area contributed by atoms with Gasteiger partial charge in [-0.15, -0.1) is 12.4 Å². The number of rotatable bonds is 3. The number of nitrogens with two attached hydrogens (primary N) is 2. The molecule has 1 aromatic rings. The number of halogens is 3. The standard InChI is InChI=1S/C9H12ClFN2.ClH/c10-8-2-1-6(11)5-7(8)9(13)3-4-12;/h1-2,5,9H,3-4,12-13H2;1H/t9-;/m1./s1. The predicted molar refractivity (Wildman–Crippen MR) is 59.3 cm³/mol. The van der Waals surface area contributed by atoms with E-state index in [0.29, 0.717) is 23.6 Å². The van der Waals surface area contributed by atoms with Crippen molar-refractivity contribution in [3.05, 3.63) is 34.6 Å². The van der Waals surface area contributed by atoms with Crippen molar-refractivity contribution in [3.63, 3.8) is 0 Å². The molecule has 0 heterocycles. The lowest BCUT2D eigenvalue weighted by Gasteiger charge is -2.12. The monoisotopic (exact) mass is 238 g/mol. The lowest BCUT2D eigenvalue weighted by atomic mass is 10.0. The second-order valence-corrected chi connectivity index (χ2v) is 3.26. The number of hydrogen-bond acceptors (Lipinski definition) is 2.